The lowest BCUT2D eigenvalue weighted by Crippen LogP contribution is -1.80. The van der Waals surface area contributed by atoms with Crippen molar-refractivity contribution in [3.63, 3.8) is 0 Å². The Bertz CT molecular complexity index is 1230. The van der Waals surface area contributed by atoms with Crippen LogP contribution in [0.15, 0.2) is 89.9 Å². The third-order valence-corrected chi connectivity index (χ3v) is 5.73. The van der Waals surface area contributed by atoms with Crippen molar-refractivity contribution >= 4 is 54.2 Å². The molecule has 0 amide bonds. The summed E-state index contributed by atoms with van der Waals surface area (Å²) in [5, 5.41) is 5.08. The maximum atomic E-state index is 4.82. The van der Waals surface area contributed by atoms with Gasteiger partial charge >= 0.3 is 0 Å². The molecule has 25 heavy (non-hydrogen) atoms. The number of fused-ring (bicyclic) bond motifs is 5. The summed E-state index contributed by atoms with van der Waals surface area (Å²) in [4.78, 5) is 4.82. The highest BCUT2D eigenvalue weighted by molar-refractivity contribution is 7.26. The van der Waals surface area contributed by atoms with Crippen molar-refractivity contribution in [1.29, 1.82) is 0 Å². The maximum Gasteiger partial charge on any atom is 0.0715 e. The van der Waals surface area contributed by atoms with Crippen LogP contribution in [0.4, 0.5) is 5.69 Å². The zero-order valence-corrected chi connectivity index (χ0v) is 14.3. The Kier molecular flexibility index (Phi) is 3.36. The number of thiophene rings is 1. The van der Waals surface area contributed by atoms with Crippen LogP contribution in [0.5, 0.6) is 0 Å². The monoisotopic (exact) mass is 337 g/mol. The molecule has 0 fully saturated rings. The summed E-state index contributed by atoms with van der Waals surface area (Å²) in [5.41, 5.74) is 2.14. The van der Waals surface area contributed by atoms with E-state index in [4.69, 9.17) is 4.99 Å². The number of hydrogen-bond donors (Lipinski definition) is 0. The van der Waals surface area contributed by atoms with Gasteiger partial charge in [0.05, 0.1) is 5.69 Å². The molecule has 0 N–H and O–H groups in total. The van der Waals surface area contributed by atoms with Gasteiger partial charge in [0.25, 0.3) is 0 Å². The maximum absolute atomic E-state index is 4.82. The fourth-order valence-corrected chi connectivity index (χ4v) is 4.54. The van der Waals surface area contributed by atoms with Gasteiger partial charge in [0.1, 0.15) is 0 Å². The van der Waals surface area contributed by atoms with Gasteiger partial charge in [0.2, 0.25) is 0 Å². The molecule has 0 aliphatic rings. The first-order valence-electron chi connectivity index (χ1n) is 8.32. The van der Waals surface area contributed by atoms with Crippen molar-refractivity contribution < 1.29 is 0 Å². The average Bonchev–Trinajstić information content (AvgIpc) is 3.06. The van der Waals surface area contributed by atoms with Gasteiger partial charge in [-0.3, -0.25) is 4.99 Å². The average molecular weight is 337 g/mol. The highest BCUT2D eigenvalue weighted by Crippen LogP contribution is 2.42. The van der Waals surface area contributed by atoms with Crippen molar-refractivity contribution in [3.8, 4) is 0 Å². The zero-order chi connectivity index (χ0) is 16.6. The van der Waals surface area contributed by atoms with E-state index >= 15 is 0 Å². The van der Waals surface area contributed by atoms with E-state index in [0.717, 1.165) is 11.3 Å². The molecule has 1 nitrogen and oxygen atoms in total. The molecule has 0 aliphatic carbocycles. The molecule has 5 aromatic rings. The summed E-state index contributed by atoms with van der Waals surface area (Å²) in [6.07, 6.45) is 1.95. The second-order valence-electron chi connectivity index (χ2n) is 6.09. The predicted molar refractivity (Wildman–Crippen MR) is 111 cm³/mol. The van der Waals surface area contributed by atoms with Gasteiger partial charge in [0, 0.05) is 37.2 Å². The zero-order valence-electron chi connectivity index (χ0n) is 13.5. The lowest BCUT2D eigenvalue weighted by Gasteiger charge is -2.04. The summed E-state index contributed by atoms with van der Waals surface area (Å²) in [6, 6.07) is 29.6. The van der Waals surface area contributed by atoms with Gasteiger partial charge < -0.3 is 0 Å². The summed E-state index contributed by atoms with van der Waals surface area (Å²) >= 11 is 1.86. The van der Waals surface area contributed by atoms with E-state index in [1.807, 2.05) is 35.8 Å². The fourth-order valence-electron chi connectivity index (χ4n) is 3.32. The first-order valence-corrected chi connectivity index (χ1v) is 9.14. The van der Waals surface area contributed by atoms with Crippen molar-refractivity contribution in [1.82, 2.24) is 0 Å². The molecule has 0 saturated carbocycles. The predicted octanol–water partition coefficient (Wildman–Crippen LogP) is 6.96. The van der Waals surface area contributed by atoms with E-state index in [1.165, 1.54) is 30.9 Å². The lowest BCUT2D eigenvalue weighted by molar-refractivity contribution is 1.58. The van der Waals surface area contributed by atoms with E-state index in [9.17, 15) is 0 Å². The Morgan fingerprint density at radius 1 is 0.640 bits per heavy atom. The van der Waals surface area contributed by atoms with Crippen molar-refractivity contribution in [3.05, 3.63) is 90.5 Å². The van der Waals surface area contributed by atoms with Crippen LogP contribution in [0.1, 0.15) is 5.56 Å². The smallest absolute Gasteiger partial charge is 0.0715 e. The van der Waals surface area contributed by atoms with Gasteiger partial charge in [-0.05, 0) is 17.7 Å². The standard InChI is InChI=1S/C23H15NS/c1-2-8-16(9-3-1)15-24-21-14-20-18-11-6-7-13-22(18)25-23(20)19-12-5-4-10-17(19)21/h1-15H. The van der Waals surface area contributed by atoms with Crippen LogP contribution in [-0.2, 0) is 0 Å². The molecule has 0 aliphatic heterocycles. The minimum atomic E-state index is 1.02. The third kappa shape index (κ3) is 2.43. The Labute approximate surface area is 149 Å². The van der Waals surface area contributed by atoms with Crippen LogP contribution >= 0.6 is 11.3 Å². The van der Waals surface area contributed by atoms with Gasteiger partial charge in [-0.1, -0.05) is 72.8 Å². The van der Waals surface area contributed by atoms with Gasteiger partial charge in [-0.2, -0.15) is 0 Å². The fraction of sp³-hybridized carbons (Fsp3) is 0. The molecule has 118 valence electrons. The molecular weight excluding hydrogens is 322 g/mol. The van der Waals surface area contributed by atoms with Crippen molar-refractivity contribution in [2.75, 3.05) is 0 Å². The molecule has 0 unspecified atom stereocenters. The first kappa shape index (κ1) is 14.4. The lowest BCUT2D eigenvalue weighted by atomic mass is 10.0. The molecule has 0 spiro atoms. The highest BCUT2D eigenvalue weighted by atomic mass is 32.1. The van der Waals surface area contributed by atoms with Crippen molar-refractivity contribution in [2.45, 2.75) is 0 Å². The van der Waals surface area contributed by atoms with Crippen LogP contribution in [0.3, 0.4) is 0 Å². The molecule has 0 radical (unpaired) electrons. The Morgan fingerprint density at radius 3 is 2.16 bits per heavy atom. The Morgan fingerprint density at radius 2 is 1.32 bits per heavy atom. The normalized spacial score (nSPS) is 11.8. The van der Waals surface area contributed by atoms with Gasteiger partial charge in [0.15, 0.2) is 0 Å². The largest absolute Gasteiger partial charge is 0.256 e. The van der Waals surface area contributed by atoms with Gasteiger partial charge in [-0.15, -0.1) is 11.3 Å². The molecule has 0 bridgehead atoms. The van der Waals surface area contributed by atoms with Crippen LogP contribution in [0.25, 0.3) is 30.9 Å². The van der Waals surface area contributed by atoms with E-state index in [0.29, 0.717) is 0 Å². The van der Waals surface area contributed by atoms with Crippen LogP contribution in [0, 0.1) is 0 Å². The molecule has 1 heterocycles. The summed E-state index contributed by atoms with van der Waals surface area (Å²) < 4.78 is 2.67. The van der Waals surface area contributed by atoms with Gasteiger partial charge in [-0.25, -0.2) is 0 Å². The Balaban J connectivity index is 1.82. The van der Waals surface area contributed by atoms with Crippen LogP contribution in [-0.4, -0.2) is 6.21 Å². The van der Waals surface area contributed by atoms with Crippen LogP contribution in [0.2, 0.25) is 0 Å². The Hall–Kier alpha value is -2.97. The van der Waals surface area contributed by atoms with Crippen molar-refractivity contribution in [2.24, 2.45) is 4.99 Å². The molecule has 1 aromatic heterocycles. The van der Waals surface area contributed by atoms with E-state index in [1.54, 1.807) is 0 Å². The number of hydrogen-bond acceptors (Lipinski definition) is 2. The SMILES string of the molecule is C(=Nc1cc2c3ccccc3sc2c2ccccc12)c1ccccc1. The van der Waals surface area contributed by atoms with E-state index in [2.05, 4.69) is 66.7 Å². The number of nitrogens with zero attached hydrogens (tertiary/aromatic N) is 1. The number of aliphatic imine (C=N–C) groups is 1. The second kappa shape index (κ2) is 5.83. The highest BCUT2D eigenvalue weighted by Gasteiger charge is 2.11. The first-order chi connectivity index (χ1) is 12.4. The summed E-state index contributed by atoms with van der Waals surface area (Å²) in [6.45, 7) is 0. The number of benzene rings is 4. The molecule has 2 heteroatoms. The quantitative estimate of drug-likeness (QED) is 0.309. The third-order valence-electron chi connectivity index (χ3n) is 4.51. The minimum Gasteiger partial charge on any atom is -0.256 e. The summed E-state index contributed by atoms with van der Waals surface area (Å²) in [7, 11) is 0. The van der Waals surface area contributed by atoms with E-state index in [-0.39, 0.29) is 0 Å². The van der Waals surface area contributed by atoms with E-state index < -0.39 is 0 Å². The second-order valence-corrected chi connectivity index (χ2v) is 7.14. The van der Waals surface area contributed by atoms with Crippen LogP contribution < -0.4 is 0 Å². The topological polar surface area (TPSA) is 12.4 Å². The molecular formula is C23H15NS. The summed E-state index contributed by atoms with van der Waals surface area (Å²) in [5.74, 6) is 0. The minimum absolute atomic E-state index is 1.02. The molecule has 4 aromatic carbocycles. The molecule has 0 saturated heterocycles. The number of rotatable bonds is 2. The molecule has 5 rings (SSSR count). The molecule has 0 atom stereocenters.